The van der Waals surface area contributed by atoms with Crippen molar-refractivity contribution >= 4 is 67.7 Å². The van der Waals surface area contributed by atoms with E-state index in [0.717, 1.165) is 50.1 Å². The average molecular weight is 585 g/mol. The van der Waals surface area contributed by atoms with Crippen LogP contribution in [0.5, 0.6) is 0 Å². The smallest absolute Gasteiger partial charge is 0.0556 e. The van der Waals surface area contributed by atoms with Gasteiger partial charge in [-0.25, -0.2) is 0 Å². The molecule has 0 radical (unpaired) electrons. The summed E-state index contributed by atoms with van der Waals surface area (Å²) < 4.78 is 15.0. The Bertz CT molecular complexity index is 267. The Morgan fingerprint density at radius 3 is 1.61 bits per heavy atom. The lowest BCUT2D eigenvalue weighted by Crippen LogP contribution is -2.05. The third-order valence-corrected chi connectivity index (χ3v) is 9.56. The standard InChI is InChI=1S/C6H14OS2.2C6H14OS.C6H14S2/c1-3-5-9(8)6-4-7-2;1-3-5-8-6-4-7-2;1-3-4-7-5-6-8-2;1-3-4-8-6-5-7-2/h3-6H2,1-2H3;3*3-6H2,1-2H3. The molecular formula is C24H56O3S6. The number of hydrogen-bond donors (Lipinski definition) is 0. The van der Waals surface area contributed by atoms with Crippen LogP contribution in [0, 0.1) is 0 Å². The molecule has 0 rings (SSSR count). The maximum absolute atomic E-state index is 5.20. The fraction of sp³-hybridized carbons (Fsp3) is 1.00. The predicted octanol–water partition coefficient (Wildman–Crippen LogP) is 7.17. The molecule has 9 heteroatoms. The summed E-state index contributed by atoms with van der Waals surface area (Å²) in [6.45, 7) is 12.3. The molecule has 0 heterocycles. The molecule has 0 spiro atoms. The van der Waals surface area contributed by atoms with Gasteiger partial charge in [-0.1, -0.05) is 38.9 Å². The van der Waals surface area contributed by atoms with E-state index in [9.17, 15) is 0 Å². The van der Waals surface area contributed by atoms with Gasteiger partial charge < -0.3 is 14.2 Å². The Hall–Kier alpha value is 1.85. The Morgan fingerprint density at radius 1 is 0.576 bits per heavy atom. The van der Waals surface area contributed by atoms with E-state index in [1.54, 1.807) is 14.2 Å². The molecule has 0 aliphatic heterocycles. The molecule has 0 fully saturated rings. The first-order valence-electron chi connectivity index (χ1n) is 12.1. The SMILES string of the molecule is CCCOCCSC.CCCS(=S)CCOC.CCCSCCOC.CCCSCCSC. The lowest BCUT2D eigenvalue weighted by atomic mass is 10.5. The molecule has 1 unspecified atom stereocenters. The Balaban J connectivity index is -0.000000170. The van der Waals surface area contributed by atoms with Crippen LogP contribution in [0.4, 0.5) is 0 Å². The molecule has 1 atom stereocenters. The van der Waals surface area contributed by atoms with Crippen molar-refractivity contribution < 1.29 is 14.2 Å². The first-order chi connectivity index (χ1) is 16.1. The van der Waals surface area contributed by atoms with Crippen LogP contribution in [0.25, 0.3) is 0 Å². The maximum Gasteiger partial charge on any atom is 0.0556 e. The van der Waals surface area contributed by atoms with Crippen molar-refractivity contribution in [3.05, 3.63) is 0 Å². The Labute approximate surface area is 233 Å². The summed E-state index contributed by atoms with van der Waals surface area (Å²) in [7, 11) is 3.65. The van der Waals surface area contributed by atoms with Gasteiger partial charge in [-0.3, -0.25) is 0 Å². The summed E-state index contributed by atoms with van der Waals surface area (Å²) in [6, 6.07) is 0. The van der Waals surface area contributed by atoms with E-state index < -0.39 is 0 Å². The van der Waals surface area contributed by atoms with Crippen LogP contribution in [0.1, 0.15) is 53.4 Å². The third kappa shape index (κ3) is 60.4. The van der Waals surface area contributed by atoms with Gasteiger partial charge in [0.25, 0.3) is 0 Å². The molecule has 0 N–H and O–H groups in total. The van der Waals surface area contributed by atoms with Gasteiger partial charge in [0.15, 0.2) is 0 Å². The second kappa shape index (κ2) is 47.1. The largest absolute Gasteiger partial charge is 0.384 e. The van der Waals surface area contributed by atoms with Crippen molar-refractivity contribution in [2.45, 2.75) is 53.4 Å². The molecule has 3 nitrogen and oxygen atoms in total. The molecule has 0 aromatic heterocycles. The summed E-state index contributed by atoms with van der Waals surface area (Å²) >= 11 is 12.9. The number of methoxy groups -OCH3 is 2. The molecule has 0 saturated heterocycles. The fourth-order valence-corrected chi connectivity index (χ4v) is 6.08. The highest BCUT2D eigenvalue weighted by molar-refractivity contribution is 8.28. The summed E-state index contributed by atoms with van der Waals surface area (Å²) in [4.78, 5) is 0. The van der Waals surface area contributed by atoms with Gasteiger partial charge in [-0.2, -0.15) is 47.0 Å². The van der Waals surface area contributed by atoms with Gasteiger partial charge in [0.2, 0.25) is 0 Å². The number of ether oxygens (including phenoxy) is 3. The van der Waals surface area contributed by atoms with Gasteiger partial charge in [0, 0.05) is 49.6 Å². The lowest BCUT2D eigenvalue weighted by Gasteiger charge is -2.00. The summed E-state index contributed by atoms with van der Waals surface area (Å²) in [5.74, 6) is 9.74. The number of thioether (sulfide) groups is 4. The molecule has 33 heavy (non-hydrogen) atoms. The minimum atomic E-state index is 0.188. The van der Waals surface area contributed by atoms with Crippen LogP contribution >= 0.6 is 47.0 Å². The van der Waals surface area contributed by atoms with Crippen molar-refractivity contribution in [1.82, 2.24) is 0 Å². The van der Waals surface area contributed by atoms with E-state index in [-0.39, 0.29) is 9.45 Å². The van der Waals surface area contributed by atoms with Crippen LogP contribution < -0.4 is 0 Å². The second-order valence-corrected chi connectivity index (χ2v) is 14.2. The topological polar surface area (TPSA) is 27.7 Å². The van der Waals surface area contributed by atoms with Crippen LogP contribution in [0.3, 0.4) is 0 Å². The molecule has 206 valence electrons. The second-order valence-electron chi connectivity index (χ2n) is 6.66. The van der Waals surface area contributed by atoms with Crippen LogP contribution in [0.15, 0.2) is 0 Å². The molecule has 0 saturated carbocycles. The minimum Gasteiger partial charge on any atom is -0.384 e. The average Bonchev–Trinajstić information content (AvgIpc) is 2.83. The molecule has 0 aliphatic rings. The van der Waals surface area contributed by atoms with Crippen LogP contribution in [-0.2, 0) is 34.9 Å². The Morgan fingerprint density at radius 2 is 1.15 bits per heavy atom. The van der Waals surface area contributed by atoms with Gasteiger partial charge >= 0.3 is 0 Å². The molecular weight excluding hydrogens is 529 g/mol. The minimum absolute atomic E-state index is 0.188. The number of rotatable bonds is 20. The van der Waals surface area contributed by atoms with Gasteiger partial charge in [0.1, 0.15) is 0 Å². The van der Waals surface area contributed by atoms with Crippen molar-refractivity contribution in [3.8, 4) is 0 Å². The van der Waals surface area contributed by atoms with Gasteiger partial charge in [-0.05, 0) is 55.5 Å². The van der Waals surface area contributed by atoms with Crippen molar-refractivity contribution in [2.75, 3.05) is 99.2 Å². The predicted molar refractivity (Wildman–Crippen MR) is 172 cm³/mol. The van der Waals surface area contributed by atoms with Crippen molar-refractivity contribution in [2.24, 2.45) is 0 Å². The maximum atomic E-state index is 5.20. The highest BCUT2D eigenvalue weighted by atomic mass is 32.8. The molecule has 0 amide bonds. The third-order valence-electron chi connectivity index (χ3n) is 3.29. The first kappa shape index (κ1) is 42.0. The highest BCUT2D eigenvalue weighted by Crippen LogP contribution is 2.04. The van der Waals surface area contributed by atoms with Crippen LogP contribution in [0.2, 0.25) is 0 Å². The monoisotopic (exact) mass is 584 g/mol. The normalized spacial score (nSPS) is 10.8. The summed E-state index contributed by atoms with van der Waals surface area (Å²) in [5.41, 5.74) is 0. The Kier molecular flexibility index (Phi) is 59.9. The molecule has 0 aromatic carbocycles. The van der Waals surface area contributed by atoms with E-state index in [4.69, 9.17) is 25.4 Å². The van der Waals surface area contributed by atoms with Crippen molar-refractivity contribution in [1.29, 1.82) is 0 Å². The van der Waals surface area contributed by atoms with E-state index in [2.05, 4.69) is 52.0 Å². The highest BCUT2D eigenvalue weighted by Gasteiger charge is 1.90. The zero-order chi connectivity index (χ0) is 25.8. The summed E-state index contributed by atoms with van der Waals surface area (Å²) in [6.07, 6.45) is 9.18. The zero-order valence-electron chi connectivity index (χ0n) is 23.0. The molecule has 0 aromatic rings. The van der Waals surface area contributed by atoms with E-state index in [1.807, 2.05) is 35.3 Å². The van der Waals surface area contributed by atoms with Gasteiger partial charge in [0.05, 0.1) is 19.8 Å². The van der Waals surface area contributed by atoms with E-state index in [0.29, 0.717) is 0 Å². The van der Waals surface area contributed by atoms with E-state index in [1.165, 1.54) is 48.0 Å². The van der Waals surface area contributed by atoms with E-state index >= 15 is 0 Å². The fourth-order valence-electron chi connectivity index (χ4n) is 1.67. The van der Waals surface area contributed by atoms with Crippen molar-refractivity contribution in [3.63, 3.8) is 0 Å². The van der Waals surface area contributed by atoms with Crippen LogP contribution in [-0.4, -0.2) is 99.2 Å². The lowest BCUT2D eigenvalue weighted by molar-refractivity contribution is 0.151. The first-order valence-corrected chi connectivity index (χ1v) is 19.7. The summed E-state index contributed by atoms with van der Waals surface area (Å²) in [5, 5.41) is 0. The molecule has 0 aliphatic carbocycles. The van der Waals surface area contributed by atoms with Gasteiger partial charge in [-0.15, -0.1) is 9.45 Å². The number of hydrogen-bond acceptors (Lipinski definition) is 8. The molecule has 0 bridgehead atoms. The quantitative estimate of drug-likeness (QED) is 0.139. The zero-order valence-corrected chi connectivity index (χ0v) is 27.9.